The third-order valence-corrected chi connectivity index (χ3v) is 8.49. The van der Waals surface area contributed by atoms with Gasteiger partial charge in [-0.15, -0.1) is 0 Å². The number of likely N-dealkylation sites (N-methyl/N-ethyl adjacent to an activating group) is 2. The van der Waals surface area contributed by atoms with Gasteiger partial charge in [-0.3, -0.25) is 0 Å². The number of amides is 2. The summed E-state index contributed by atoms with van der Waals surface area (Å²) in [4.78, 5) is 52.1. The summed E-state index contributed by atoms with van der Waals surface area (Å²) in [5.41, 5.74) is 2.41. The van der Waals surface area contributed by atoms with Crippen LogP contribution in [0.2, 0.25) is 0 Å². The van der Waals surface area contributed by atoms with Crippen LogP contribution < -0.4 is 10.6 Å². The molecule has 2 fully saturated rings. The Labute approximate surface area is 309 Å². The Kier molecular flexibility index (Phi) is 15.5. The lowest BCUT2D eigenvalue weighted by molar-refractivity contribution is 0.0461. The van der Waals surface area contributed by atoms with Gasteiger partial charge in [0.2, 0.25) is 0 Å². The highest BCUT2D eigenvalue weighted by Crippen LogP contribution is 2.28. The quantitative estimate of drug-likeness (QED) is 0.234. The highest BCUT2D eigenvalue weighted by Gasteiger charge is 2.30. The van der Waals surface area contributed by atoms with E-state index < -0.39 is 11.2 Å². The van der Waals surface area contributed by atoms with E-state index in [2.05, 4.69) is 20.4 Å². The normalized spacial score (nSPS) is 21.1. The number of nitrogens with zero attached hydrogens (tertiary/aromatic N) is 2. The van der Waals surface area contributed by atoms with E-state index in [1.54, 1.807) is 38.1 Å². The molecule has 12 nitrogen and oxygen atoms in total. The fraction of sp³-hybridized carbons (Fsp3) is 0.600. The van der Waals surface area contributed by atoms with Crippen molar-refractivity contribution in [1.82, 2.24) is 20.4 Å². The van der Waals surface area contributed by atoms with Crippen molar-refractivity contribution in [2.45, 2.75) is 103 Å². The van der Waals surface area contributed by atoms with Crippen LogP contribution in [-0.4, -0.2) is 111 Å². The number of ether oxygens (including phenoxy) is 4. The minimum Gasteiger partial charge on any atom is -0.462 e. The van der Waals surface area contributed by atoms with E-state index in [-0.39, 0.29) is 48.0 Å². The van der Waals surface area contributed by atoms with Gasteiger partial charge < -0.3 is 39.4 Å². The standard InChI is InChI=1S/2C20H30N2O4/c2*1-6-25-18(23)15-9-7-14(8-10-15)16-11-17(13-22(5)12-16)21-19(24)26-20(2,3)4/h2*7-10,16-17H,6,11-13H2,1-5H3,(H,21,24)/t2*16-,17+/m10/s1. The van der Waals surface area contributed by atoms with Crippen molar-refractivity contribution >= 4 is 24.1 Å². The number of likely N-dealkylation sites (tertiary alicyclic amines) is 2. The molecule has 2 heterocycles. The SMILES string of the molecule is CCOC(=O)c1ccc([C@@H]2C[C@H](NC(=O)OC(C)(C)C)CN(C)C2)cc1.CCOC(=O)c1ccc([C@H]2C[C@@H](NC(=O)OC(C)(C)C)CN(C)C2)cc1. The number of carbonyl (C=O) groups is 4. The first kappa shape index (κ1) is 42.3. The molecule has 12 heteroatoms. The summed E-state index contributed by atoms with van der Waals surface area (Å²) in [6, 6.07) is 15.2. The molecule has 2 aliphatic heterocycles. The fourth-order valence-corrected chi connectivity index (χ4v) is 6.49. The summed E-state index contributed by atoms with van der Waals surface area (Å²) < 4.78 is 20.8. The number of alkyl carbamates (subject to hydrolysis) is 2. The van der Waals surface area contributed by atoms with Gasteiger partial charge in [-0.25, -0.2) is 19.2 Å². The van der Waals surface area contributed by atoms with Crippen molar-refractivity contribution in [2.75, 3.05) is 53.5 Å². The van der Waals surface area contributed by atoms with E-state index >= 15 is 0 Å². The lowest BCUT2D eigenvalue weighted by Gasteiger charge is -2.36. The van der Waals surface area contributed by atoms with Crippen molar-refractivity contribution in [1.29, 1.82) is 0 Å². The maximum absolute atomic E-state index is 12.1. The molecule has 4 rings (SSSR count). The molecule has 2 amide bonds. The van der Waals surface area contributed by atoms with Crippen molar-refractivity contribution in [3.8, 4) is 0 Å². The molecule has 0 radical (unpaired) electrons. The van der Waals surface area contributed by atoms with E-state index in [9.17, 15) is 19.2 Å². The van der Waals surface area contributed by atoms with Crippen LogP contribution in [0.25, 0.3) is 0 Å². The van der Waals surface area contributed by atoms with Gasteiger partial charge in [0.15, 0.2) is 0 Å². The number of nitrogens with one attached hydrogen (secondary N) is 2. The summed E-state index contributed by atoms with van der Waals surface area (Å²) >= 11 is 0. The Bertz CT molecular complexity index is 1350. The summed E-state index contributed by atoms with van der Waals surface area (Å²) in [6.45, 7) is 18.8. The number of rotatable bonds is 8. The van der Waals surface area contributed by atoms with Crippen molar-refractivity contribution < 1.29 is 38.1 Å². The second-order valence-corrected chi connectivity index (χ2v) is 15.7. The minimum absolute atomic E-state index is 0.0262. The highest BCUT2D eigenvalue weighted by molar-refractivity contribution is 5.89. The van der Waals surface area contributed by atoms with E-state index in [1.807, 2.05) is 79.9 Å². The molecule has 0 aliphatic carbocycles. The fourth-order valence-electron chi connectivity index (χ4n) is 6.49. The molecule has 2 N–H and O–H groups in total. The monoisotopic (exact) mass is 724 g/mol. The van der Waals surface area contributed by atoms with Crippen molar-refractivity contribution in [3.05, 3.63) is 70.8 Å². The Hall–Kier alpha value is -4.16. The first-order valence-corrected chi connectivity index (χ1v) is 18.3. The number of piperidine rings is 2. The van der Waals surface area contributed by atoms with Crippen LogP contribution >= 0.6 is 0 Å². The summed E-state index contributed by atoms with van der Waals surface area (Å²) in [5, 5.41) is 5.95. The van der Waals surface area contributed by atoms with Crippen LogP contribution in [0.3, 0.4) is 0 Å². The predicted molar refractivity (Wildman–Crippen MR) is 201 cm³/mol. The van der Waals surface area contributed by atoms with Crippen molar-refractivity contribution in [2.24, 2.45) is 0 Å². The van der Waals surface area contributed by atoms with Gasteiger partial charge in [0.1, 0.15) is 11.2 Å². The lowest BCUT2D eigenvalue weighted by atomic mass is 9.88. The molecule has 4 atom stereocenters. The van der Waals surface area contributed by atoms with E-state index in [4.69, 9.17) is 18.9 Å². The van der Waals surface area contributed by atoms with Crippen LogP contribution in [0.15, 0.2) is 48.5 Å². The minimum atomic E-state index is -0.507. The zero-order valence-corrected chi connectivity index (χ0v) is 32.7. The topological polar surface area (TPSA) is 136 Å². The molecule has 52 heavy (non-hydrogen) atoms. The number of hydrogen-bond donors (Lipinski definition) is 2. The molecule has 0 aromatic heterocycles. The third-order valence-electron chi connectivity index (χ3n) is 8.49. The molecule has 0 bridgehead atoms. The first-order chi connectivity index (χ1) is 24.3. The third kappa shape index (κ3) is 14.5. The lowest BCUT2D eigenvalue weighted by Crippen LogP contribution is -2.49. The first-order valence-electron chi connectivity index (χ1n) is 18.3. The van der Waals surface area contributed by atoms with Gasteiger partial charge in [-0.05, 0) is 130 Å². The zero-order valence-electron chi connectivity index (χ0n) is 32.7. The largest absolute Gasteiger partial charge is 0.462 e. The highest BCUT2D eigenvalue weighted by atomic mass is 16.6. The van der Waals surface area contributed by atoms with Gasteiger partial charge in [0, 0.05) is 38.3 Å². The summed E-state index contributed by atoms with van der Waals surface area (Å²) in [6.07, 6.45) is 0.911. The molecular formula is C40H60N4O8. The average molecular weight is 725 g/mol. The number of carbonyl (C=O) groups excluding carboxylic acids is 4. The van der Waals surface area contributed by atoms with Crippen LogP contribution in [0.4, 0.5) is 9.59 Å². The predicted octanol–water partition coefficient (Wildman–Crippen LogP) is 6.35. The Morgan fingerprint density at radius 1 is 0.596 bits per heavy atom. The van der Waals surface area contributed by atoms with Gasteiger partial charge in [0.05, 0.1) is 24.3 Å². The molecular weight excluding hydrogens is 664 g/mol. The van der Waals surface area contributed by atoms with Gasteiger partial charge >= 0.3 is 24.1 Å². The maximum Gasteiger partial charge on any atom is 0.407 e. The molecule has 0 saturated carbocycles. The van der Waals surface area contributed by atoms with Crippen molar-refractivity contribution in [3.63, 3.8) is 0 Å². The molecule has 2 aromatic rings. The maximum atomic E-state index is 12.1. The molecule has 0 unspecified atom stereocenters. The smallest absolute Gasteiger partial charge is 0.407 e. The Balaban J connectivity index is 0.000000280. The second kappa shape index (κ2) is 19.1. The van der Waals surface area contributed by atoms with Crippen LogP contribution in [0, 0.1) is 0 Å². The summed E-state index contributed by atoms with van der Waals surface area (Å²) in [5.74, 6) is -0.0385. The molecule has 288 valence electrons. The Morgan fingerprint density at radius 2 is 0.923 bits per heavy atom. The number of esters is 2. The molecule has 2 aliphatic rings. The molecule has 2 saturated heterocycles. The van der Waals surface area contributed by atoms with E-state index in [1.165, 1.54) is 0 Å². The second-order valence-electron chi connectivity index (χ2n) is 15.7. The van der Waals surface area contributed by atoms with Crippen LogP contribution in [-0.2, 0) is 18.9 Å². The van der Waals surface area contributed by atoms with Gasteiger partial charge in [-0.2, -0.15) is 0 Å². The summed E-state index contributed by atoms with van der Waals surface area (Å²) in [7, 11) is 4.09. The van der Waals surface area contributed by atoms with Crippen LogP contribution in [0.5, 0.6) is 0 Å². The molecule has 2 aromatic carbocycles. The van der Waals surface area contributed by atoms with Gasteiger partial charge in [-0.1, -0.05) is 24.3 Å². The number of hydrogen-bond acceptors (Lipinski definition) is 10. The molecule has 0 spiro atoms. The Morgan fingerprint density at radius 3 is 1.21 bits per heavy atom. The van der Waals surface area contributed by atoms with Crippen LogP contribution in [0.1, 0.15) is 112 Å². The average Bonchev–Trinajstić information content (AvgIpc) is 3.03. The zero-order chi connectivity index (χ0) is 38.6. The van der Waals surface area contributed by atoms with Gasteiger partial charge in [0.25, 0.3) is 0 Å². The van der Waals surface area contributed by atoms with E-state index in [0.717, 1.165) is 50.1 Å². The number of benzene rings is 2. The van der Waals surface area contributed by atoms with E-state index in [0.29, 0.717) is 24.3 Å².